The molecule has 0 amide bonds. The number of halogens is 3. The average Bonchev–Trinajstić information content (AvgIpc) is 3.19. The third kappa shape index (κ3) is 4.04. The van der Waals surface area contributed by atoms with Gasteiger partial charge >= 0.3 is 0 Å². The Morgan fingerprint density at radius 1 is 0.714 bits per heavy atom. The van der Waals surface area contributed by atoms with Crippen LogP contribution in [0.5, 0.6) is 0 Å². The first-order valence-electron chi connectivity index (χ1n) is 10.7. The van der Waals surface area contributed by atoms with Crippen molar-refractivity contribution in [3.05, 3.63) is 127 Å². The van der Waals surface area contributed by atoms with Crippen LogP contribution in [0.3, 0.4) is 0 Å². The van der Waals surface area contributed by atoms with Crippen molar-refractivity contribution in [1.82, 2.24) is 4.57 Å². The van der Waals surface area contributed by atoms with Crippen molar-refractivity contribution in [2.24, 2.45) is 0 Å². The largest absolute Gasteiger partial charge is 0.284 e. The topological polar surface area (TPSA) is 59.4 Å². The molecule has 1 aliphatic heterocycles. The number of pyridine rings is 1. The quantitative estimate of drug-likeness (QED) is 0.288. The van der Waals surface area contributed by atoms with Crippen molar-refractivity contribution in [2.45, 2.75) is 23.9 Å². The number of hydrogen-bond acceptors (Lipinski definition) is 3. The van der Waals surface area contributed by atoms with Crippen LogP contribution >= 0.6 is 34.8 Å². The van der Waals surface area contributed by atoms with Crippen molar-refractivity contribution in [1.29, 1.82) is 0 Å². The molecule has 0 aliphatic carbocycles. The van der Waals surface area contributed by atoms with Crippen molar-refractivity contribution in [3.63, 3.8) is 0 Å². The Balaban J connectivity index is 1.83. The van der Waals surface area contributed by atoms with Gasteiger partial charge in [0.15, 0.2) is 0 Å². The van der Waals surface area contributed by atoms with Crippen LogP contribution in [0.2, 0.25) is 15.1 Å². The van der Waals surface area contributed by atoms with Gasteiger partial charge in [0.25, 0.3) is 15.6 Å². The van der Waals surface area contributed by atoms with E-state index in [4.69, 9.17) is 34.8 Å². The van der Waals surface area contributed by atoms with Crippen LogP contribution in [-0.4, -0.2) is 13.0 Å². The van der Waals surface area contributed by atoms with Crippen LogP contribution in [0, 0.1) is 6.92 Å². The van der Waals surface area contributed by atoms with Crippen LogP contribution in [-0.2, 0) is 10.0 Å². The highest BCUT2D eigenvalue weighted by Gasteiger charge is 2.47. The van der Waals surface area contributed by atoms with E-state index in [0.29, 0.717) is 26.2 Å². The minimum atomic E-state index is -4.15. The molecule has 0 saturated carbocycles. The van der Waals surface area contributed by atoms with Crippen LogP contribution in [0.4, 0.5) is 5.82 Å². The van der Waals surface area contributed by atoms with Crippen LogP contribution in [0.15, 0.2) is 94.6 Å². The second-order valence-electron chi connectivity index (χ2n) is 8.25. The van der Waals surface area contributed by atoms with E-state index < -0.39 is 22.1 Å². The summed E-state index contributed by atoms with van der Waals surface area (Å²) in [5, 5.41) is 1.40. The second kappa shape index (κ2) is 9.03. The summed E-state index contributed by atoms with van der Waals surface area (Å²) in [7, 11) is -4.15. The minimum Gasteiger partial charge on any atom is -0.284 e. The fraction of sp³-hybridized carbons (Fsp3) is 0.115. The number of nitrogens with zero attached hydrogens (tertiary/aromatic N) is 2. The van der Waals surface area contributed by atoms with Gasteiger partial charge in [-0.2, -0.15) is 0 Å². The highest BCUT2D eigenvalue weighted by atomic mass is 35.5. The molecule has 5 nitrogen and oxygen atoms in total. The third-order valence-corrected chi connectivity index (χ3v) is 9.05. The average molecular weight is 546 g/mol. The van der Waals surface area contributed by atoms with Gasteiger partial charge in [-0.15, -0.1) is 0 Å². The van der Waals surface area contributed by atoms with E-state index in [1.54, 1.807) is 79.7 Å². The summed E-state index contributed by atoms with van der Waals surface area (Å²) < 4.78 is 31.4. The molecule has 5 rings (SSSR count). The predicted octanol–water partition coefficient (Wildman–Crippen LogP) is 6.66. The molecule has 4 aromatic rings. The molecule has 2 heterocycles. The molecule has 3 aromatic carbocycles. The summed E-state index contributed by atoms with van der Waals surface area (Å²) >= 11 is 18.6. The van der Waals surface area contributed by atoms with Crippen molar-refractivity contribution in [2.75, 3.05) is 4.31 Å². The molecule has 2 atom stereocenters. The first kappa shape index (κ1) is 23.9. The third-order valence-electron chi connectivity index (χ3n) is 6.20. The lowest BCUT2D eigenvalue weighted by Gasteiger charge is -2.29. The molecule has 9 heteroatoms. The fourth-order valence-electron chi connectivity index (χ4n) is 4.58. The Morgan fingerprint density at radius 3 is 1.86 bits per heavy atom. The van der Waals surface area contributed by atoms with Gasteiger partial charge in [-0.1, -0.05) is 71.2 Å². The summed E-state index contributed by atoms with van der Waals surface area (Å²) in [6.45, 7) is 1.66. The van der Waals surface area contributed by atoms with E-state index in [1.807, 2.05) is 0 Å². The first-order chi connectivity index (χ1) is 16.7. The molecule has 35 heavy (non-hydrogen) atoms. The Morgan fingerprint density at radius 2 is 1.26 bits per heavy atom. The molecule has 178 valence electrons. The summed E-state index contributed by atoms with van der Waals surface area (Å²) in [5.74, 6) is 0.261. The molecule has 0 bridgehead atoms. The molecule has 0 spiro atoms. The highest BCUT2D eigenvalue weighted by Crippen LogP contribution is 2.49. The lowest BCUT2D eigenvalue weighted by Crippen LogP contribution is -2.34. The molecular formula is C26H19Cl3N2O3S. The van der Waals surface area contributed by atoms with Crippen molar-refractivity contribution in [3.8, 4) is 0 Å². The van der Waals surface area contributed by atoms with Crippen LogP contribution in [0.1, 0.15) is 28.8 Å². The van der Waals surface area contributed by atoms with E-state index in [9.17, 15) is 13.2 Å². The molecule has 1 aromatic heterocycles. The van der Waals surface area contributed by atoms with Gasteiger partial charge in [-0.25, -0.2) is 12.7 Å². The van der Waals surface area contributed by atoms with Gasteiger partial charge in [-0.05, 0) is 66.1 Å². The lowest BCUT2D eigenvalue weighted by atomic mass is 9.94. The zero-order valence-electron chi connectivity index (χ0n) is 18.4. The maximum Gasteiger partial charge on any atom is 0.266 e. The number of anilines is 1. The zero-order valence-corrected chi connectivity index (χ0v) is 21.5. The van der Waals surface area contributed by atoms with Gasteiger partial charge in [0.2, 0.25) is 0 Å². The number of benzene rings is 3. The van der Waals surface area contributed by atoms with Crippen LogP contribution < -0.4 is 9.86 Å². The number of fused-ring (bicyclic) bond motifs is 1. The predicted molar refractivity (Wildman–Crippen MR) is 140 cm³/mol. The molecular weight excluding hydrogens is 527 g/mol. The Labute approximate surface area is 218 Å². The van der Waals surface area contributed by atoms with Gasteiger partial charge in [0.05, 0.1) is 17.0 Å². The SMILES string of the molecule is Cc1c(Cl)cccc1S(=O)(=O)N1c2cccc(=O)n2[C@H](c2ccc(Cl)cc2)[C@@H]1c1ccc(Cl)cc1. The van der Waals surface area contributed by atoms with Gasteiger partial charge in [0.1, 0.15) is 5.82 Å². The molecule has 0 radical (unpaired) electrons. The minimum absolute atomic E-state index is 0.0728. The number of sulfonamides is 1. The monoisotopic (exact) mass is 544 g/mol. The first-order valence-corrected chi connectivity index (χ1v) is 13.3. The fourth-order valence-corrected chi connectivity index (χ4v) is 6.95. The molecule has 0 N–H and O–H groups in total. The maximum atomic E-state index is 14.3. The smallest absolute Gasteiger partial charge is 0.266 e. The zero-order chi connectivity index (χ0) is 24.9. The number of rotatable bonds is 4. The van der Waals surface area contributed by atoms with Gasteiger partial charge in [-0.3, -0.25) is 9.36 Å². The van der Waals surface area contributed by atoms with E-state index in [1.165, 1.54) is 21.0 Å². The van der Waals surface area contributed by atoms with E-state index in [0.717, 1.165) is 5.56 Å². The summed E-state index contributed by atoms with van der Waals surface area (Å²) in [6.07, 6.45) is 0. The number of hydrogen-bond donors (Lipinski definition) is 0. The molecule has 1 aliphatic rings. The van der Waals surface area contributed by atoms with Crippen LogP contribution in [0.25, 0.3) is 0 Å². The standard InChI is InChI=1S/C26H19Cl3N2O3S/c1-16-21(29)4-2-5-22(16)35(33,34)31-23-6-3-7-24(32)30(23)25(17-8-12-19(27)13-9-17)26(31)18-10-14-20(28)15-11-18/h2-15,25-26H,1H3/t25-,26+/m1/s1. The summed E-state index contributed by atoms with van der Waals surface area (Å²) in [6, 6.07) is 22.0. The number of aromatic nitrogens is 1. The van der Waals surface area contributed by atoms with E-state index >= 15 is 0 Å². The van der Waals surface area contributed by atoms with Crippen molar-refractivity contribution >= 4 is 50.6 Å². The normalized spacial score (nSPS) is 17.4. The molecule has 0 fully saturated rings. The molecule has 0 unspecified atom stereocenters. The van der Waals surface area contributed by atoms with Gasteiger partial charge in [0, 0.05) is 21.1 Å². The lowest BCUT2D eigenvalue weighted by molar-refractivity contribution is 0.529. The second-order valence-corrected chi connectivity index (χ2v) is 11.3. The van der Waals surface area contributed by atoms with Crippen molar-refractivity contribution < 1.29 is 8.42 Å². The summed E-state index contributed by atoms with van der Waals surface area (Å²) in [5.41, 5.74) is 1.54. The van der Waals surface area contributed by atoms with E-state index in [-0.39, 0.29) is 16.3 Å². The van der Waals surface area contributed by atoms with E-state index in [2.05, 4.69) is 0 Å². The Bertz CT molecular complexity index is 1580. The summed E-state index contributed by atoms with van der Waals surface area (Å²) in [4.78, 5) is 13.3. The molecule has 0 saturated heterocycles. The maximum absolute atomic E-state index is 14.3. The van der Waals surface area contributed by atoms with Gasteiger partial charge < -0.3 is 0 Å². The highest BCUT2D eigenvalue weighted by molar-refractivity contribution is 7.93. The Kier molecular flexibility index (Phi) is 6.18. The Hall–Kier alpha value is -2.77.